The van der Waals surface area contributed by atoms with Crippen LogP contribution in [-0.4, -0.2) is 11.0 Å². The Hall–Kier alpha value is -2.69. The van der Waals surface area contributed by atoms with E-state index in [1.165, 1.54) is 18.2 Å². The Morgan fingerprint density at radius 3 is 2.42 bits per heavy atom. The summed E-state index contributed by atoms with van der Waals surface area (Å²) in [6.45, 7) is 0.341. The smallest absolute Gasteiger partial charge is 0.259 e. The molecule has 26 heavy (non-hydrogen) atoms. The number of carbonyl (C=O) groups excluding carboxylic acids is 1. The fourth-order valence-corrected chi connectivity index (χ4v) is 2.69. The van der Waals surface area contributed by atoms with Crippen molar-refractivity contribution in [2.75, 3.05) is 5.32 Å². The molecule has 0 fully saturated rings. The van der Waals surface area contributed by atoms with Crippen molar-refractivity contribution in [1.29, 1.82) is 0 Å². The molecule has 3 rings (SSSR count). The van der Waals surface area contributed by atoms with E-state index in [2.05, 4.69) is 5.32 Å². The van der Waals surface area contributed by atoms with Crippen molar-refractivity contribution in [2.45, 2.75) is 6.61 Å². The molecule has 0 heterocycles. The van der Waals surface area contributed by atoms with Gasteiger partial charge in [0.25, 0.3) is 5.91 Å². The molecule has 0 radical (unpaired) electrons. The van der Waals surface area contributed by atoms with Crippen molar-refractivity contribution < 1.29 is 14.6 Å². The number of hydrogen-bond acceptors (Lipinski definition) is 3. The number of carbonyl (C=O) groups is 1. The lowest BCUT2D eigenvalue weighted by Crippen LogP contribution is -2.13. The monoisotopic (exact) mass is 387 g/mol. The molecule has 0 bridgehead atoms. The minimum atomic E-state index is -0.517. The number of anilines is 1. The average molecular weight is 388 g/mol. The SMILES string of the molecule is O=C(Nc1cc(Cl)ccc1OCc1ccccc1)c1cc(Cl)ccc1O. The summed E-state index contributed by atoms with van der Waals surface area (Å²) in [4.78, 5) is 12.5. The average Bonchev–Trinajstić information content (AvgIpc) is 2.64. The van der Waals surface area contributed by atoms with E-state index in [1.807, 2.05) is 30.3 Å². The first-order valence-corrected chi connectivity index (χ1v) is 8.54. The van der Waals surface area contributed by atoms with E-state index >= 15 is 0 Å². The zero-order valence-corrected chi connectivity index (χ0v) is 15.1. The number of ether oxygens (including phenoxy) is 1. The second kappa shape index (κ2) is 8.13. The third-order valence-corrected chi connectivity index (χ3v) is 4.10. The summed E-state index contributed by atoms with van der Waals surface area (Å²) in [5, 5.41) is 13.4. The molecule has 0 spiro atoms. The Balaban J connectivity index is 1.81. The summed E-state index contributed by atoms with van der Waals surface area (Å²) < 4.78 is 5.81. The van der Waals surface area contributed by atoms with Gasteiger partial charge in [0.15, 0.2) is 0 Å². The highest BCUT2D eigenvalue weighted by molar-refractivity contribution is 6.31. The fourth-order valence-electron chi connectivity index (χ4n) is 2.34. The number of nitrogens with one attached hydrogen (secondary N) is 1. The van der Waals surface area contributed by atoms with E-state index in [-0.39, 0.29) is 11.3 Å². The van der Waals surface area contributed by atoms with Gasteiger partial charge in [-0.1, -0.05) is 53.5 Å². The standard InChI is InChI=1S/C20H15Cl2NO3/c21-14-6-8-18(24)16(10-14)20(25)23-17-11-15(22)7-9-19(17)26-12-13-4-2-1-3-5-13/h1-11,24H,12H2,(H,23,25). The molecule has 3 aromatic rings. The van der Waals surface area contributed by atoms with Crippen LogP contribution in [0.4, 0.5) is 5.69 Å². The molecule has 3 aromatic carbocycles. The predicted molar refractivity (Wildman–Crippen MR) is 103 cm³/mol. The molecule has 1 amide bonds. The molecule has 0 saturated heterocycles. The number of amides is 1. The van der Waals surface area contributed by atoms with Crippen LogP contribution in [0.5, 0.6) is 11.5 Å². The summed E-state index contributed by atoms with van der Waals surface area (Å²) in [5.74, 6) is -0.217. The van der Waals surface area contributed by atoms with Crippen molar-refractivity contribution in [3.05, 3.63) is 87.9 Å². The number of hydrogen-bond donors (Lipinski definition) is 2. The molecule has 4 nitrogen and oxygen atoms in total. The molecule has 0 saturated carbocycles. The number of aromatic hydroxyl groups is 1. The molecular weight excluding hydrogens is 373 g/mol. The van der Waals surface area contributed by atoms with Crippen LogP contribution in [0.3, 0.4) is 0 Å². The zero-order valence-electron chi connectivity index (χ0n) is 13.6. The van der Waals surface area contributed by atoms with Crippen molar-refractivity contribution in [1.82, 2.24) is 0 Å². The van der Waals surface area contributed by atoms with Gasteiger partial charge in [-0.15, -0.1) is 0 Å². The van der Waals surface area contributed by atoms with Crippen LogP contribution >= 0.6 is 23.2 Å². The van der Waals surface area contributed by atoms with Gasteiger partial charge in [0.05, 0.1) is 11.3 Å². The third kappa shape index (κ3) is 4.48. The van der Waals surface area contributed by atoms with Crippen molar-refractivity contribution in [2.24, 2.45) is 0 Å². The summed E-state index contributed by atoms with van der Waals surface area (Å²) >= 11 is 11.9. The van der Waals surface area contributed by atoms with Gasteiger partial charge in [0, 0.05) is 10.0 Å². The second-order valence-corrected chi connectivity index (χ2v) is 6.40. The van der Waals surface area contributed by atoms with Gasteiger partial charge in [-0.2, -0.15) is 0 Å². The molecule has 0 atom stereocenters. The van der Waals surface area contributed by atoms with Gasteiger partial charge in [-0.05, 0) is 42.0 Å². The Labute approximate surface area is 161 Å². The number of rotatable bonds is 5. The predicted octanol–water partition coefficient (Wildman–Crippen LogP) is 5.53. The maximum atomic E-state index is 12.5. The fraction of sp³-hybridized carbons (Fsp3) is 0.0500. The van der Waals surface area contributed by atoms with Gasteiger partial charge in [-0.3, -0.25) is 4.79 Å². The lowest BCUT2D eigenvalue weighted by molar-refractivity contribution is 0.102. The van der Waals surface area contributed by atoms with Crippen LogP contribution in [0.15, 0.2) is 66.7 Å². The highest BCUT2D eigenvalue weighted by Gasteiger charge is 2.15. The van der Waals surface area contributed by atoms with Gasteiger partial charge in [-0.25, -0.2) is 0 Å². The molecule has 0 aliphatic carbocycles. The highest BCUT2D eigenvalue weighted by atomic mass is 35.5. The van der Waals surface area contributed by atoms with Crippen LogP contribution in [0.1, 0.15) is 15.9 Å². The molecular formula is C20H15Cl2NO3. The summed E-state index contributed by atoms with van der Waals surface area (Å²) in [6.07, 6.45) is 0. The Kier molecular flexibility index (Phi) is 5.66. The second-order valence-electron chi connectivity index (χ2n) is 5.53. The molecule has 0 aliphatic heterocycles. The first kappa shape index (κ1) is 18.1. The maximum Gasteiger partial charge on any atom is 0.259 e. The Morgan fingerprint density at radius 1 is 0.962 bits per heavy atom. The molecule has 6 heteroatoms. The first-order chi connectivity index (χ1) is 12.5. The lowest BCUT2D eigenvalue weighted by atomic mass is 10.1. The molecule has 0 aromatic heterocycles. The molecule has 0 unspecified atom stereocenters. The first-order valence-electron chi connectivity index (χ1n) is 7.79. The van der Waals surface area contributed by atoms with E-state index in [4.69, 9.17) is 27.9 Å². The quantitative estimate of drug-likeness (QED) is 0.604. The van der Waals surface area contributed by atoms with E-state index < -0.39 is 5.91 Å². The highest BCUT2D eigenvalue weighted by Crippen LogP contribution is 2.30. The third-order valence-electron chi connectivity index (χ3n) is 3.63. The van der Waals surface area contributed by atoms with Gasteiger partial charge >= 0.3 is 0 Å². The van der Waals surface area contributed by atoms with E-state index in [0.29, 0.717) is 28.1 Å². The normalized spacial score (nSPS) is 10.4. The van der Waals surface area contributed by atoms with E-state index in [1.54, 1.807) is 18.2 Å². The van der Waals surface area contributed by atoms with Crippen LogP contribution in [0.2, 0.25) is 10.0 Å². The van der Waals surface area contributed by atoms with Crippen LogP contribution in [0, 0.1) is 0 Å². The molecule has 2 N–H and O–H groups in total. The van der Waals surface area contributed by atoms with Crippen LogP contribution < -0.4 is 10.1 Å². The van der Waals surface area contributed by atoms with Crippen LogP contribution in [-0.2, 0) is 6.61 Å². The Bertz CT molecular complexity index is 930. The Morgan fingerprint density at radius 2 is 1.65 bits per heavy atom. The molecule has 132 valence electrons. The van der Waals surface area contributed by atoms with Crippen LogP contribution in [0.25, 0.3) is 0 Å². The lowest BCUT2D eigenvalue weighted by Gasteiger charge is -2.14. The van der Waals surface area contributed by atoms with E-state index in [0.717, 1.165) is 5.56 Å². The number of halogens is 2. The zero-order chi connectivity index (χ0) is 18.5. The van der Waals surface area contributed by atoms with Crippen molar-refractivity contribution >= 4 is 34.8 Å². The maximum absolute atomic E-state index is 12.5. The summed E-state index contributed by atoms with van der Waals surface area (Å²) in [5.41, 5.74) is 1.46. The van der Waals surface area contributed by atoms with Gasteiger partial charge in [0.1, 0.15) is 18.1 Å². The topological polar surface area (TPSA) is 58.6 Å². The number of benzene rings is 3. The minimum Gasteiger partial charge on any atom is -0.507 e. The van der Waals surface area contributed by atoms with E-state index in [9.17, 15) is 9.90 Å². The number of phenols is 1. The summed E-state index contributed by atoms with van der Waals surface area (Å²) in [7, 11) is 0. The minimum absolute atomic E-state index is 0.0616. The summed E-state index contributed by atoms with van der Waals surface area (Å²) in [6, 6.07) is 18.8. The largest absolute Gasteiger partial charge is 0.507 e. The molecule has 0 aliphatic rings. The van der Waals surface area contributed by atoms with Crippen molar-refractivity contribution in [3.63, 3.8) is 0 Å². The van der Waals surface area contributed by atoms with Gasteiger partial charge < -0.3 is 15.2 Å². The van der Waals surface area contributed by atoms with Gasteiger partial charge in [0.2, 0.25) is 0 Å². The van der Waals surface area contributed by atoms with Crippen molar-refractivity contribution in [3.8, 4) is 11.5 Å². The number of phenolic OH excluding ortho intramolecular Hbond substituents is 1.